The zero-order valence-corrected chi connectivity index (χ0v) is 17.4. The van der Waals surface area contributed by atoms with Crippen LogP contribution in [0.5, 0.6) is 0 Å². The molecule has 2 aromatic carbocycles. The molecular formula is C25H26N2O3. The fourth-order valence-electron chi connectivity index (χ4n) is 3.19. The van der Waals surface area contributed by atoms with Crippen LogP contribution in [0.4, 0.5) is 0 Å². The van der Waals surface area contributed by atoms with Crippen molar-refractivity contribution in [3.8, 4) is 0 Å². The predicted molar refractivity (Wildman–Crippen MR) is 118 cm³/mol. The largest absolute Gasteiger partial charge is 0.465 e. The lowest BCUT2D eigenvalue weighted by Gasteiger charge is -2.20. The molecule has 0 bridgehead atoms. The Bertz CT molecular complexity index is 1030. The summed E-state index contributed by atoms with van der Waals surface area (Å²) in [4.78, 5) is 25.8. The fraction of sp³-hybridized carbons (Fsp3) is 0.200. The molecule has 1 atom stereocenters. The highest BCUT2D eigenvalue weighted by molar-refractivity contribution is 6.05. The number of hydrogen-bond donors (Lipinski definition) is 2. The molecule has 0 saturated carbocycles. The van der Waals surface area contributed by atoms with E-state index in [1.165, 1.54) is 12.3 Å². The summed E-state index contributed by atoms with van der Waals surface area (Å²) in [6.45, 7) is 5.98. The van der Waals surface area contributed by atoms with E-state index in [1.807, 2.05) is 57.2 Å². The summed E-state index contributed by atoms with van der Waals surface area (Å²) in [6, 6.07) is 18.4. The van der Waals surface area contributed by atoms with Crippen molar-refractivity contribution in [3.63, 3.8) is 0 Å². The molecule has 0 radical (unpaired) electrons. The normalized spacial score (nSPS) is 12.3. The van der Waals surface area contributed by atoms with E-state index in [4.69, 9.17) is 4.42 Å². The lowest BCUT2D eigenvalue weighted by molar-refractivity contribution is -0.118. The standard InChI is InChI=1S/C25H26N2O3/c1-4-22(21-10-6-5-8-18(21)3)26-25(29)23(16-20-9-7-15-30-20)27-24(28)19-13-11-17(2)12-14-19/h5-16,22H,4H2,1-3H3,(H,26,29)(H,27,28)/b23-16-/t22-/m1/s1. The minimum Gasteiger partial charge on any atom is -0.465 e. The topological polar surface area (TPSA) is 71.3 Å². The van der Waals surface area contributed by atoms with Crippen molar-refractivity contribution in [2.75, 3.05) is 0 Å². The van der Waals surface area contributed by atoms with Gasteiger partial charge in [0.05, 0.1) is 12.3 Å². The second-order valence-corrected chi connectivity index (χ2v) is 7.18. The third kappa shape index (κ3) is 5.26. The van der Waals surface area contributed by atoms with Gasteiger partial charge in [0, 0.05) is 11.6 Å². The van der Waals surface area contributed by atoms with Crippen LogP contribution in [0.25, 0.3) is 6.08 Å². The number of nitrogens with one attached hydrogen (secondary N) is 2. The summed E-state index contributed by atoms with van der Waals surface area (Å²) in [5.41, 5.74) is 3.81. The van der Waals surface area contributed by atoms with Gasteiger partial charge in [-0.1, -0.05) is 48.9 Å². The highest BCUT2D eigenvalue weighted by atomic mass is 16.3. The molecule has 0 fully saturated rings. The van der Waals surface area contributed by atoms with E-state index >= 15 is 0 Å². The number of carbonyl (C=O) groups excluding carboxylic acids is 2. The molecule has 5 nitrogen and oxygen atoms in total. The summed E-state index contributed by atoms with van der Waals surface area (Å²) in [5, 5.41) is 5.78. The first-order valence-electron chi connectivity index (χ1n) is 9.97. The average molecular weight is 402 g/mol. The van der Waals surface area contributed by atoms with Crippen molar-refractivity contribution in [3.05, 3.63) is 101 Å². The first kappa shape index (κ1) is 21.1. The van der Waals surface area contributed by atoms with Gasteiger partial charge in [-0.15, -0.1) is 0 Å². The summed E-state index contributed by atoms with van der Waals surface area (Å²) in [7, 11) is 0. The minimum absolute atomic E-state index is 0.127. The van der Waals surface area contributed by atoms with Crippen LogP contribution in [0.1, 0.15) is 52.2 Å². The molecule has 154 valence electrons. The van der Waals surface area contributed by atoms with Crippen molar-refractivity contribution >= 4 is 17.9 Å². The van der Waals surface area contributed by atoms with Crippen molar-refractivity contribution in [1.29, 1.82) is 0 Å². The number of rotatable bonds is 7. The SMILES string of the molecule is CC[C@@H](NC(=O)/C(=C/c1ccco1)NC(=O)c1ccc(C)cc1)c1ccccc1C. The molecule has 2 N–H and O–H groups in total. The Balaban J connectivity index is 1.84. The maximum atomic E-state index is 13.1. The van der Waals surface area contributed by atoms with E-state index in [0.717, 1.165) is 23.1 Å². The number of hydrogen-bond acceptors (Lipinski definition) is 3. The van der Waals surface area contributed by atoms with E-state index in [9.17, 15) is 9.59 Å². The summed E-state index contributed by atoms with van der Waals surface area (Å²) < 4.78 is 5.34. The number of aryl methyl sites for hydroxylation is 2. The van der Waals surface area contributed by atoms with Gasteiger partial charge in [-0.3, -0.25) is 9.59 Å². The second kappa shape index (κ2) is 9.74. The first-order valence-corrected chi connectivity index (χ1v) is 9.97. The molecule has 0 saturated heterocycles. The van der Waals surface area contributed by atoms with Gasteiger partial charge < -0.3 is 15.1 Å². The molecule has 3 rings (SSSR count). The van der Waals surface area contributed by atoms with Crippen LogP contribution in [-0.4, -0.2) is 11.8 Å². The maximum absolute atomic E-state index is 13.1. The fourth-order valence-corrected chi connectivity index (χ4v) is 3.19. The maximum Gasteiger partial charge on any atom is 0.268 e. The van der Waals surface area contributed by atoms with Gasteiger partial charge >= 0.3 is 0 Å². The van der Waals surface area contributed by atoms with Gasteiger partial charge in [0.2, 0.25) is 0 Å². The molecule has 1 aromatic heterocycles. The molecule has 30 heavy (non-hydrogen) atoms. The molecule has 3 aromatic rings. The van der Waals surface area contributed by atoms with Gasteiger partial charge in [-0.25, -0.2) is 0 Å². The monoisotopic (exact) mass is 402 g/mol. The molecule has 0 aliphatic carbocycles. The molecule has 5 heteroatoms. The molecule has 0 unspecified atom stereocenters. The van der Waals surface area contributed by atoms with Crippen molar-refractivity contribution < 1.29 is 14.0 Å². The predicted octanol–water partition coefficient (Wildman–Crippen LogP) is 4.93. The van der Waals surface area contributed by atoms with E-state index < -0.39 is 0 Å². The quantitative estimate of drug-likeness (QED) is 0.550. The van der Waals surface area contributed by atoms with Crippen LogP contribution in [0.2, 0.25) is 0 Å². The van der Waals surface area contributed by atoms with E-state index in [0.29, 0.717) is 11.3 Å². The molecule has 0 aliphatic heterocycles. The Hall–Kier alpha value is -3.60. The van der Waals surface area contributed by atoms with Crippen LogP contribution in [0.15, 0.2) is 77.0 Å². The Morgan fingerprint density at radius 3 is 2.37 bits per heavy atom. The third-order valence-corrected chi connectivity index (χ3v) is 4.91. The number of amides is 2. The smallest absolute Gasteiger partial charge is 0.268 e. The van der Waals surface area contributed by atoms with Crippen LogP contribution in [0, 0.1) is 13.8 Å². The Labute approximate surface area is 176 Å². The van der Waals surface area contributed by atoms with Gasteiger partial charge in [0.15, 0.2) is 0 Å². The summed E-state index contributed by atoms with van der Waals surface area (Å²) in [6.07, 6.45) is 3.77. The lowest BCUT2D eigenvalue weighted by Crippen LogP contribution is -2.37. The molecule has 2 amide bonds. The lowest BCUT2D eigenvalue weighted by atomic mass is 9.99. The Morgan fingerprint density at radius 1 is 1.00 bits per heavy atom. The summed E-state index contributed by atoms with van der Waals surface area (Å²) >= 11 is 0. The van der Waals surface area contributed by atoms with Crippen LogP contribution >= 0.6 is 0 Å². The van der Waals surface area contributed by atoms with E-state index in [1.54, 1.807) is 24.3 Å². The highest BCUT2D eigenvalue weighted by Crippen LogP contribution is 2.21. The van der Waals surface area contributed by atoms with Gasteiger partial charge in [0.1, 0.15) is 11.5 Å². The third-order valence-electron chi connectivity index (χ3n) is 4.91. The van der Waals surface area contributed by atoms with E-state index in [-0.39, 0.29) is 23.6 Å². The van der Waals surface area contributed by atoms with Crippen molar-refractivity contribution in [2.45, 2.75) is 33.2 Å². The van der Waals surface area contributed by atoms with Crippen LogP contribution in [-0.2, 0) is 4.79 Å². The second-order valence-electron chi connectivity index (χ2n) is 7.18. The highest BCUT2D eigenvalue weighted by Gasteiger charge is 2.20. The Morgan fingerprint density at radius 2 is 1.73 bits per heavy atom. The molecular weight excluding hydrogens is 376 g/mol. The van der Waals surface area contributed by atoms with Gasteiger partial charge in [-0.2, -0.15) is 0 Å². The zero-order chi connectivity index (χ0) is 21.5. The molecule has 1 heterocycles. The van der Waals surface area contributed by atoms with Crippen molar-refractivity contribution in [1.82, 2.24) is 10.6 Å². The first-order chi connectivity index (χ1) is 14.5. The van der Waals surface area contributed by atoms with Gasteiger partial charge in [0.25, 0.3) is 11.8 Å². The number of benzene rings is 2. The molecule has 0 spiro atoms. The average Bonchev–Trinajstić information content (AvgIpc) is 3.25. The summed E-state index contributed by atoms with van der Waals surface area (Å²) in [5.74, 6) is -0.248. The zero-order valence-electron chi connectivity index (χ0n) is 17.4. The van der Waals surface area contributed by atoms with E-state index in [2.05, 4.69) is 10.6 Å². The van der Waals surface area contributed by atoms with Crippen molar-refractivity contribution in [2.24, 2.45) is 0 Å². The van der Waals surface area contributed by atoms with Crippen LogP contribution < -0.4 is 10.6 Å². The van der Waals surface area contributed by atoms with Gasteiger partial charge in [-0.05, 0) is 55.7 Å². The van der Waals surface area contributed by atoms with Crippen LogP contribution in [0.3, 0.4) is 0 Å². The number of furan rings is 1. The Kier molecular flexibility index (Phi) is 6.86. The minimum atomic E-state index is -0.373. The molecule has 0 aliphatic rings. The number of carbonyl (C=O) groups is 2.